The van der Waals surface area contributed by atoms with Crippen LogP contribution in [0.2, 0.25) is 0 Å². The Kier molecular flexibility index (Phi) is 5.61. The maximum atomic E-state index is 11.6. The van der Waals surface area contributed by atoms with E-state index in [2.05, 4.69) is 16.8 Å². The number of rotatable bonds is 6. The van der Waals surface area contributed by atoms with Crippen molar-refractivity contribution in [2.75, 3.05) is 12.3 Å². The van der Waals surface area contributed by atoms with Crippen LogP contribution in [0.5, 0.6) is 0 Å². The Morgan fingerprint density at radius 2 is 2.32 bits per heavy atom. The Bertz CT molecular complexity index is 679. The van der Waals surface area contributed by atoms with Gasteiger partial charge in [-0.3, -0.25) is 19.8 Å². The molecule has 7 nitrogen and oxygen atoms in total. The molecular formula is C13H12N4O3S2. The van der Waals surface area contributed by atoms with Crippen molar-refractivity contribution in [2.45, 2.75) is 0 Å². The molecule has 2 heterocycles. The molecule has 1 aromatic rings. The van der Waals surface area contributed by atoms with Gasteiger partial charge in [-0.25, -0.2) is 0 Å². The van der Waals surface area contributed by atoms with Gasteiger partial charge < -0.3 is 0 Å². The van der Waals surface area contributed by atoms with Gasteiger partial charge >= 0.3 is 5.00 Å². The minimum atomic E-state index is -0.426. The lowest BCUT2D eigenvalue weighted by molar-refractivity contribution is -0.380. The van der Waals surface area contributed by atoms with Gasteiger partial charge in [0.2, 0.25) is 5.91 Å². The van der Waals surface area contributed by atoms with Crippen LogP contribution in [0.15, 0.2) is 41.1 Å². The summed E-state index contributed by atoms with van der Waals surface area (Å²) in [4.78, 5) is 24.0. The molecule has 0 spiro atoms. The molecule has 1 saturated heterocycles. The number of carbonyl (C=O) groups is 1. The number of hydrogen-bond donors (Lipinski definition) is 0. The average Bonchev–Trinajstić information content (AvgIpc) is 3.08. The molecular weight excluding hydrogens is 324 g/mol. The SMILES string of the molecule is C=CCN1C(=O)CS\C1=N/N=C/C=C/c1ccc([N+](=O)[O-])s1. The Balaban J connectivity index is 1.95. The summed E-state index contributed by atoms with van der Waals surface area (Å²) in [5.74, 6) is 0.344. The molecule has 0 aromatic carbocycles. The molecule has 22 heavy (non-hydrogen) atoms. The molecule has 114 valence electrons. The van der Waals surface area contributed by atoms with Crippen LogP contribution in [-0.2, 0) is 4.79 Å². The molecule has 0 bridgehead atoms. The van der Waals surface area contributed by atoms with E-state index in [0.29, 0.717) is 17.5 Å². The highest BCUT2D eigenvalue weighted by Gasteiger charge is 2.26. The van der Waals surface area contributed by atoms with Crippen LogP contribution in [0.3, 0.4) is 0 Å². The van der Waals surface area contributed by atoms with Gasteiger partial charge in [0.1, 0.15) is 0 Å². The zero-order valence-corrected chi connectivity index (χ0v) is 13.0. The van der Waals surface area contributed by atoms with Crippen molar-refractivity contribution in [1.82, 2.24) is 4.90 Å². The lowest BCUT2D eigenvalue weighted by Gasteiger charge is -2.11. The van der Waals surface area contributed by atoms with Gasteiger partial charge in [0.25, 0.3) is 0 Å². The van der Waals surface area contributed by atoms with Crippen molar-refractivity contribution >= 4 is 51.5 Å². The van der Waals surface area contributed by atoms with Crippen molar-refractivity contribution in [3.63, 3.8) is 0 Å². The number of amidine groups is 1. The van der Waals surface area contributed by atoms with Gasteiger partial charge in [0, 0.05) is 23.7 Å². The normalized spacial score (nSPS) is 17.2. The van der Waals surface area contributed by atoms with E-state index in [9.17, 15) is 14.9 Å². The molecule has 0 unspecified atom stereocenters. The average molecular weight is 336 g/mol. The molecule has 1 amide bonds. The molecule has 0 N–H and O–H groups in total. The third kappa shape index (κ3) is 4.12. The minimum Gasteiger partial charge on any atom is -0.285 e. The summed E-state index contributed by atoms with van der Waals surface area (Å²) in [5.41, 5.74) is 0. The molecule has 9 heteroatoms. The van der Waals surface area contributed by atoms with Gasteiger partial charge in [-0.1, -0.05) is 29.2 Å². The number of thioether (sulfide) groups is 1. The largest absolute Gasteiger partial charge is 0.324 e. The second-order valence-electron chi connectivity index (χ2n) is 4.02. The summed E-state index contributed by atoms with van der Waals surface area (Å²) in [7, 11) is 0. The van der Waals surface area contributed by atoms with Crippen LogP contribution in [0.4, 0.5) is 5.00 Å². The van der Waals surface area contributed by atoms with E-state index in [0.717, 1.165) is 16.2 Å². The van der Waals surface area contributed by atoms with E-state index in [1.807, 2.05) is 0 Å². The lowest BCUT2D eigenvalue weighted by atomic mass is 10.4. The van der Waals surface area contributed by atoms with Crippen LogP contribution < -0.4 is 0 Å². The first kappa shape index (κ1) is 16.1. The van der Waals surface area contributed by atoms with E-state index in [1.54, 1.807) is 24.3 Å². The van der Waals surface area contributed by atoms with Crippen LogP contribution >= 0.6 is 23.1 Å². The van der Waals surface area contributed by atoms with Gasteiger partial charge in [0.15, 0.2) is 5.17 Å². The smallest absolute Gasteiger partial charge is 0.285 e. The van der Waals surface area contributed by atoms with E-state index in [4.69, 9.17) is 0 Å². The Morgan fingerprint density at radius 3 is 3.00 bits per heavy atom. The predicted octanol–water partition coefficient (Wildman–Crippen LogP) is 2.77. The van der Waals surface area contributed by atoms with Gasteiger partial charge in [-0.05, 0) is 18.2 Å². The molecule has 0 aliphatic carbocycles. The number of nitro groups is 1. The third-order valence-corrected chi connectivity index (χ3v) is 4.47. The van der Waals surface area contributed by atoms with Crippen LogP contribution in [0.25, 0.3) is 6.08 Å². The van der Waals surface area contributed by atoms with Crippen molar-refractivity contribution in [2.24, 2.45) is 10.2 Å². The van der Waals surface area contributed by atoms with E-state index in [-0.39, 0.29) is 10.9 Å². The van der Waals surface area contributed by atoms with Gasteiger partial charge in [-0.15, -0.1) is 11.7 Å². The summed E-state index contributed by atoms with van der Waals surface area (Å²) in [6.45, 7) is 4.01. The first-order valence-electron chi connectivity index (χ1n) is 6.18. The van der Waals surface area contributed by atoms with E-state index in [1.165, 1.54) is 28.9 Å². The number of amides is 1. The summed E-state index contributed by atoms with van der Waals surface area (Å²) < 4.78 is 0. The lowest BCUT2D eigenvalue weighted by Crippen LogP contribution is -2.29. The highest BCUT2D eigenvalue weighted by Crippen LogP contribution is 2.24. The monoisotopic (exact) mass is 336 g/mol. The van der Waals surface area contributed by atoms with Crippen LogP contribution in [-0.4, -0.2) is 39.4 Å². The summed E-state index contributed by atoms with van der Waals surface area (Å²) in [6, 6.07) is 3.12. The predicted molar refractivity (Wildman–Crippen MR) is 90.3 cm³/mol. The third-order valence-electron chi connectivity index (χ3n) is 2.52. The fourth-order valence-corrected chi connectivity index (χ4v) is 3.15. The maximum absolute atomic E-state index is 11.6. The minimum absolute atomic E-state index is 0.0136. The molecule has 0 atom stereocenters. The Labute approximate surface area is 134 Å². The molecule has 0 saturated carbocycles. The summed E-state index contributed by atoms with van der Waals surface area (Å²) in [6.07, 6.45) is 6.44. The van der Waals surface area contributed by atoms with Crippen LogP contribution in [0.1, 0.15) is 4.88 Å². The molecule has 1 fully saturated rings. The Morgan fingerprint density at radius 1 is 1.50 bits per heavy atom. The zero-order valence-electron chi connectivity index (χ0n) is 11.4. The molecule has 1 aliphatic rings. The number of nitrogens with zero attached hydrogens (tertiary/aromatic N) is 4. The maximum Gasteiger partial charge on any atom is 0.324 e. The standard InChI is InChI=1S/C13H12N4O3S2/c1-2-8-16-11(18)9-21-13(16)15-14-7-3-4-10-5-6-12(22-10)17(19)20/h2-7H,1,8-9H2/b4-3+,14-7+,15-13-. The quantitative estimate of drug-likeness (QED) is 0.346. The molecule has 2 rings (SSSR count). The topological polar surface area (TPSA) is 88.2 Å². The van der Waals surface area contributed by atoms with Crippen molar-refractivity contribution in [3.05, 3.63) is 45.9 Å². The first-order chi connectivity index (χ1) is 10.6. The van der Waals surface area contributed by atoms with Crippen molar-refractivity contribution in [1.29, 1.82) is 0 Å². The van der Waals surface area contributed by atoms with E-state index < -0.39 is 4.92 Å². The van der Waals surface area contributed by atoms with Gasteiger partial charge in [0.05, 0.1) is 10.7 Å². The fourth-order valence-electron chi connectivity index (χ4n) is 1.57. The summed E-state index contributed by atoms with van der Waals surface area (Å²) in [5, 5.41) is 19.1. The number of carbonyl (C=O) groups excluding carboxylic acids is 1. The molecule has 0 radical (unpaired) electrons. The van der Waals surface area contributed by atoms with Crippen molar-refractivity contribution < 1.29 is 9.72 Å². The molecule has 1 aromatic heterocycles. The highest BCUT2D eigenvalue weighted by atomic mass is 32.2. The number of allylic oxidation sites excluding steroid dienone is 1. The zero-order chi connectivity index (χ0) is 15.9. The Hall–Kier alpha value is -2.26. The van der Waals surface area contributed by atoms with Gasteiger partial charge in [-0.2, -0.15) is 5.10 Å². The molecule has 1 aliphatic heterocycles. The fraction of sp³-hybridized carbons (Fsp3) is 0.154. The van der Waals surface area contributed by atoms with Crippen molar-refractivity contribution in [3.8, 4) is 0 Å². The number of hydrogen-bond acceptors (Lipinski definition) is 7. The number of thiophene rings is 1. The highest BCUT2D eigenvalue weighted by molar-refractivity contribution is 8.15. The van der Waals surface area contributed by atoms with E-state index >= 15 is 0 Å². The second kappa shape index (κ2) is 7.66. The first-order valence-corrected chi connectivity index (χ1v) is 7.98. The summed E-state index contributed by atoms with van der Waals surface area (Å²) >= 11 is 2.41. The van der Waals surface area contributed by atoms with Crippen LogP contribution in [0, 0.1) is 10.1 Å². The second-order valence-corrected chi connectivity index (χ2v) is 6.06.